The molecule has 2 aliphatic rings. The smallest absolute Gasteiger partial charge is 0.304 e. The number of aliphatic hydroxyl groups is 2. The van der Waals surface area contributed by atoms with Crippen LogP contribution in [0.25, 0.3) is 22.5 Å². The average molecular weight is 1820 g/mol. The van der Waals surface area contributed by atoms with E-state index in [4.69, 9.17) is 55.9 Å². The highest BCUT2D eigenvalue weighted by Crippen LogP contribution is 2.39. The van der Waals surface area contributed by atoms with Crippen LogP contribution in [-0.4, -0.2) is 233 Å². The van der Waals surface area contributed by atoms with E-state index in [0.717, 1.165) is 45.9 Å². The molecule has 2 saturated heterocycles. The second kappa shape index (κ2) is 43.6. The number of pyridine rings is 1. The van der Waals surface area contributed by atoms with Crippen LogP contribution in [0.15, 0.2) is 164 Å². The molecule has 6 amide bonds. The maximum absolute atomic E-state index is 15.3. The van der Waals surface area contributed by atoms with E-state index in [1.165, 1.54) is 45.8 Å². The van der Waals surface area contributed by atoms with Gasteiger partial charge in [-0.1, -0.05) is 82.8 Å². The van der Waals surface area contributed by atoms with E-state index >= 15 is 19.2 Å². The zero-order valence-corrected chi connectivity index (χ0v) is 75.9. The van der Waals surface area contributed by atoms with Crippen molar-refractivity contribution in [2.75, 3.05) is 81.7 Å². The Kier molecular flexibility index (Phi) is 33.2. The summed E-state index contributed by atoms with van der Waals surface area (Å²) in [5.41, 5.74) is 4.27. The number of rotatable bonds is 40. The number of ether oxygens (including phenoxy) is 2. The van der Waals surface area contributed by atoms with Gasteiger partial charge in [-0.15, -0.1) is 0 Å². The second-order valence-electron chi connectivity index (χ2n) is 33.6. The largest absolute Gasteiger partial charge is 0.619 e. The van der Waals surface area contributed by atoms with Gasteiger partial charge in [0.1, 0.15) is 46.7 Å². The summed E-state index contributed by atoms with van der Waals surface area (Å²) in [5, 5.41) is 70.5. The number of aliphatic carboxylic acids is 2. The summed E-state index contributed by atoms with van der Waals surface area (Å²) in [5.74, 6) is -5.44. The number of likely N-dealkylation sites (tertiary alicyclic amines) is 2. The lowest BCUT2D eigenvalue weighted by atomic mass is 9.80. The Morgan fingerprint density at radius 2 is 0.906 bits per heavy atom. The number of aromatic nitrogens is 5. The van der Waals surface area contributed by atoms with Crippen molar-refractivity contribution in [3.63, 3.8) is 0 Å². The number of nitrogens with zero attached hydrogens (tertiary/aromatic N) is 11. The summed E-state index contributed by atoms with van der Waals surface area (Å²) in [6.07, 6.45) is 4.26. The average Bonchev–Trinajstić information content (AvgIpc) is 1.21. The third-order valence-corrected chi connectivity index (χ3v) is 24.7. The summed E-state index contributed by atoms with van der Waals surface area (Å²) in [6.45, 7) is 3.15. The molecule has 11 rings (SSSR count). The van der Waals surface area contributed by atoms with Crippen LogP contribution in [-0.2, 0) is 104 Å². The third kappa shape index (κ3) is 25.1. The second-order valence-corrected chi connectivity index (χ2v) is 35.3. The van der Waals surface area contributed by atoms with Gasteiger partial charge in [-0.2, -0.15) is 4.73 Å². The first-order valence-electron chi connectivity index (χ1n) is 42.0. The van der Waals surface area contributed by atoms with Crippen LogP contribution in [0.1, 0.15) is 97.5 Å². The molecular formula is C93H111Cl4N15O15. The van der Waals surface area contributed by atoms with Crippen LogP contribution >= 0.6 is 46.4 Å². The summed E-state index contributed by atoms with van der Waals surface area (Å²) >= 11 is 25.7. The number of carbonyl (C=O) groups is 8. The van der Waals surface area contributed by atoms with Gasteiger partial charge in [0.25, 0.3) is 0 Å². The molecule has 5 heterocycles. The number of piperidine rings is 2. The Morgan fingerprint density at radius 3 is 1.28 bits per heavy atom. The van der Waals surface area contributed by atoms with Crippen LogP contribution in [0.3, 0.4) is 0 Å². The van der Waals surface area contributed by atoms with E-state index in [0.29, 0.717) is 109 Å². The normalized spacial score (nSPS) is 16.7. The zero-order valence-electron chi connectivity index (χ0n) is 72.9. The molecule has 0 bridgehead atoms. The quantitative estimate of drug-likeness (QED) is 0.0131. The lowest BCUT2D eigenvalue weighted by Crippen LogP contribution is -2.65. The standard InChI is InChI=1S/C93H111Cl4N15O15/c1-58(98-48-65-17-27-71(96)44-80(65)126-74-29-19-63(20-30-74)78-50-100-82(106(78)7)52-104(3)4)86(119)102-76(54-113)90(123)108(9)92(46-60-13-23-69(94)24-14-60)34-11-36-110(56-92)88(121)67(42-84(115)116)39-62-33-38-112(125)73(40-62)41-68(43-85(117)118)89(122)111-37-12-35-93(57-111,47-61-15-25-70(95)26-16-61)109(10)91(124)77(55-114)103-87(120)59(2)99-49-66-18-28-72(97)45-81(66)127-75-31-21-64(22-32-75)79-51-101-83(107(79)8)53-105(5)6/h13-33,38,40,44-45,50-51,58-59,67-68,76-77,98-99,113-114H,11-12,34-37,39,41-43,46-49,52-57H2,1-10H3,(H,102,119)(H,103,120)(H,115,116)(H,117,118)/t58-,59-,67+,68+,76-,77-,92+,93+/m0/s1. The van der Waals surface area contributed by atoms with Crippen molar-refractivity contribution >= 4 is 93.8 Å². The minimum Gasteiger partial charge on any atom is -0.619 e. The highest BCUT2D eigenvalue weighted by Gasteiger charge is 2.48. The number of nitrogens with one attached hydrogen (secondary N) is 4. The molecule has 2 fully saturated rings. The molecular weight excluding hydrogens is 1710 g/mol. The number of halogens is 4. The zero-order chi connectivity index (χ0) is 91.7. The van der Waals surface area contributed by atoms with Crippen LogP contribution in [0.2, 0.25) is 20.1 Å². The van der Waals surface area contributed by atoms with E-state index in [9.17, 15) is 44.8 Å². The van der Waals surface area contributed by atoms with Gasteiger partial charge in [0, 0.05) is 128 Å². The van der Waals surface area contributed by atoms with Crippen LogP contribution in [0, 0.1) is 17.0 Å². The molecule has 3 aromatic heterocycles. The number of carboxylic acid groups (broad SMARTS) is 2. The summed E-state index contributed by atoms with van der Waals surface area (Å²) in [6, 6.07) is 37.2. The fraction of sp³-hybridized carbons (Fsp3) is 0.409. The highest BCUT2D eigenvalue weighted by atomic mass is 35.5. The van der Waals surface area contributed by atoms with Gasteiger partial charge in [-0.25, -0.2) is 9.97 Å². The van der Waals surface area contributed by atoms with Crippen molar-refractivity contribution < 1.29 is 73.0 Å². The Morgan fingerprint density at radius 1 is 0.520 bits per heavy atom. The maximum atomic E-state index is 15.3. The monoisotopic (exact) mass is 1820 g/mol. The molecule has 676 valence electrons. The Bertz CT molecular complexity index is 5370. The van der Waals surface area contributed by atoms with Gasteiger partial charge in [0.15, 0.2) is 11.9 Å². The molecule has 0 spiro atoms. The van der Waals surface area contributed by atoms with Gasteiger partial charge < -0.3 is 94.9 Å². The number of likely N-dealkylation sites (N-methyl/N-ethyl adjacent to an activating group) is 2. The van der Waals surface area contributed by atoms with Crippen LogP contribution in [0.5, 0.6) is 23.0 Å². The minimum atomic E-state index is -1.48. The molecule has 127 heavy (non-hydrogen) atoms. The highest BCUT2D eigenvalue weighted by molar-refractivity contribution is 6.31. The molecule has 9 aromatic rings. The molecule has 6 aromatic carbocycles. The van der Waals surface area contributed by atoms with Gasteiger partial charge in [-0.3, -0.25) is 38.4 Å². The topological polar surface area (TPSA) is 366 Å². The first-order chi connectivity index (χ1) is 60.5. The molecule has 0 radical (unpaired) electrons. The van der Waals surface area contributed by atoms with Gasteiger partial charge >= 0.3 is 11.9 Å². The van der Waals surface area contributed by atoms with Gasteiger partial charge in [0.05, 0.1) is 97.9 Å². The Hall–Kier alpha value is -11.0. The van der Waals surface area contributed by atoms with Gasteiger partial charge in [0.2, 0.25) is 35.4 Å². The number of benzene rings is 6. The molecule has 30 nitrogen and oxygen atoms in total. The number of amides is 6. The van der Waals surface area contributed by atoms with E-state index in [1.807, 2.05) is 122 Å². The predicted octanol–water partition coefficient (Wildman–Crippen LogP) is 10.1. The summed E-state index contributed by atoms with van der Waals surface area (Å²) in [4.78, 5) is 134. The fourth-order valence-electron chi connectivity index (χ4n) is 16.6. The molecule has 0 unspecified atom stereocenters. The molecule has 0 saturated carbocycles. The number of hydrogen-bond donors (Lipinski definition) is 8. The number of carbonyl (C=O) groups excluding carboxylic acids is 6. The Balaban J connectivity index is 0.748. The minimum absolute atomic E-state index is 0.0637. The fourth-order valence-corrected chi connectivity index (χ4v) is 17.1. The number of imidazole rings is 2. The van der Waals surface area contributed by atoms with Crippen molar-refractivity contribution in [2.45, 2.75) is 139 Å². The Labute approximate surface area is 759 Å². The van der Waals surface area contributed by atoms with Crippen molar-refractivity contribution in [1.29, 1.82) is 0 Å². The van der Waals surface area contributed by atoms with Crippen LogP contribution in [0.4, 0.5) is 0 Å². The first kappa shape index (κ1) is 96.6. The third-order valence-electron chi connectivity index (χ3n) is 23.7. The lowest BCUT2D eigenvalue weighted by Gasteiger charge is -2.49. The molecule has 8 atom stereocenters. The van der Waals surface area contributed by atoms with Crippen molar-refractivity contribution in [3.05, 3.63) is 235 Å². The number of aliphatic hydroxyl groups excluding tert-OH is 2. The molecule has 34 heteroatoms. The van der Waals surface area contributed by atoms with Gasteiger partial charge in [-0.05, 0) is 201 Å². The maximum Gasteiger partial charge on any atom is 0.304 e. The molecule has 0 aliphatic carbocycles. The molecule has 8 N–H and O–H groups in total. The number of hydrogen-bond acceptors (Lipinski definition) is 19. The van der Waals surface area contributed by atoms with Crippen LogP contribution < -0.4 is 35.5 Å². The first-order valence-corrected chi connectivity index (χ1v) is 43.5. The number of carboxylic acids is 2. The predicted molar refractivity (Wildman–Crippen MR) is 483 cm³/mol. The SMILES string of the molecule is C[C@H](NCc1ccc(Cl)cc1Oc1ccc(-c2cnc(CN(C)C)n2C)cc1)C(=O)N[C@@H](CO)C(=O)N(C)[C@@]1(Cc2ccc(Cl)cc2)CCCN(C(=O)[C@@H](CC(=O)O)Cc2cc[n+]([O-])c(C[C@H](CC(=O)O)C(=O)N3CCC[C@](Cc4ccc(Cl)cc4)(N(C)C(=O)[C@H](CO)NC(=O)[C@H](C)NCc4ccc(Cl)cc4Oc4ccc(-c5cnc(CN(C)C)n5C)cc4)C3)c2)C1. The van der Waals surface area contributed by atoms with E-state index in [-0.39, 0.29) is 64.2 Å². The summed E-state index contributed by atoms with van der Waals surface area (Å²) < 4.78 is 17.3. The summed E-state index contributed by atoms with van der Waals surface area (Å²) in [7, 11) is 14.9. The lowest BCUT2D eigenvalue weighted by molar-refractivity contribution is -0.614. The molecule has 2 aliphatic heterocycles. The van der Waals surface area contributed by atoms with Crippen molar-refractivity contribution in [1.82, 2.24) is 69.8 Å². The van der Waals surface area contributed by atoms with Crippen molar-refractivity contribution in [3.8, 4) is 45.5 Å². The van der Waals surface area contributed by atoms with E-state index in [2.05, 4.69) is 31.2 Å². The van der Waals surface area contributed by atoms with Crippen molar-refractivity contribution in [2.24, 2.45) is 25.9 Å². The van der Waals surface area contributed by atoms with E-state index in [1.54, 1.807) is 98.8 Å². The van der Waals surface area contributed by atoms with E-state index < -0.39 is 127 Å².